The molecule has 0 saturated carbocycles. The monoisotopic (exact) mass is 211 g/mol. The van der Waals surface area contributed by atoms with Gasteiger partial charge < -0.3 is 10.6 Å². The van der Waals surface area contributed by atoms with Crippen molar-refractivity contribution in [1.82, 2.24) is 15.0 Å². The Labute approximate surface area is 87.1 Å². The third-order valence-corrected chi connectivity index (χ3v) is 2.74. The number of nitrogens with zero attached hydrogens (tertiary/aromatic N) is 4. The van der Waals surface area contributed by atoms with Crippen molar-refractivity contribution in [2.75, 3.05) is 30.0 Å². The number of rotatable bonds is 2. The molecule has 0 bridgehead atoms. The molecule has 1 aliphatic heterocycles. The summed E-state index contributed by atoms with van der Waals surface area (Å²) in [5, 5.41) is 0.694. The molecular formula is C8H13N5S. The number of anilines is 2. The summed E-state index contributed by atoms with van der Waals surface area (Å²) in [5.41, 5.74) is 5.60. The third-order valence-electron chi connectivity index (χ3n) is 2.19. The number of hydrogen-bond acceptors (Lipinski definition) is 6. The Hall–Kier alpha value is -1.04. The molecule has 5 nitrogen and oxygen atoms in total. The van der Waals surface area contributed by atoms with Gasteiger partial charge in [-0.1, -0.05) is 11.8 Å². The molecule has 14 heavy (non-hydrogen) atoms. The molecule has 1 aliphatic rings. The molecule has 0 radical (unpaired) electrons. The van der Waals surface area contributed by atoms with E-state index in [1.165, 1.54) is 24.6 Å². The first kappa shape index (κ1) is 9.51. The summed E-state index contributed by atoms with van der Waals surface area (Å²) in [5.74, 6) is 1.03. The summed E-state index contributed by atoms with van der Waals surface area (Å²) < 4.78 is 0. The molecule has 2 rings (SSSR count). The number of nitrogen functional groups attached to an aromatic ring is 1. The second-order valence-corrected chi connectivity index (χ2v) is 3.95. The Kier molecular flexibility index (Phi) is 2.72. The SMILES string of the molecule is CSc1nc(N)nc(N2CCCC2)n1. The lowest BCUT2D eigenvalue weighted by molar-refractivity contribution is 0.835. The van der Waals surface area contributed by atoms with Crippen molar-refractivity contribution >= 4 is 23.7 Å². The van der Waals surface area contributed by atoms with Crippen LogP contribution in [0.3, 0.4) is 0 Å². The lowest BCUT2D eigenvalue weighted by Crippen LogP contribution is -2.21. The van der Waals surface area contributed by atoms with Gasteiger partial charge in [-0.3, -0.25) is 0 Å². The number of hydrogen-bond donors (Lipinski definition) is 1. The fourth-order valence-electron chi connectivity index (χ4n) is 1.51. The van der Waals surface area contributed by atoms with E-state index in [1.807, 2.05) is 6.26 Å². The molecule has 0 atom stereocenters. The van der Waals surface area contributed by atoms with Crippen LogP contribution in [0.2, 0.25) is 0 Å². The van der Waals surface area contributed by atoms with Crippen LogP contribution in [0.5, 0.6) is 0 Å². The van der Waals surface area contributed by atoms with E-state index in [4.69, 9.17) is 5.73 Å². The van der Waals surface area contributed by atoms with Crippen molar-refractivity contribution in [2.45, 2.75) is 18.0 Å². The molecule has 1 saturated heterocycles. The second-order valence-electron chi connectivity index (χ2n) is 3.17. The highest BCUT2D eigenvalue weighted by molar-refractivity contribution is 7.98. The third kappa shape index (κ3) is 1.89. The summed E-state index contributed by atoms with van der Waals surface area (Å²) in [6.07, 6.45) is 4.35. The minimum atomic E-state index is 0.311. The van der Waals surface area contributed by atoms with Gasteiger partial charge >= 0.3 is 0 Å². The smallest absolute Gasteiger partial charge is 0.231 e. The molecule has 6 heteroatoms. The fraction of sp³-hybridized carbons (Fsp3) is 0.625. The predicted octanol–water partition coefficient (Wildman–Crippen LogP) is 0.776. The first-order valence-corrected chi connectivity index (χ1v) is 5.82. The number of aromatic nitrogens is 3. The average molecular weight is 211 g/mol. The molecule has 0 aliphatic carbocycles. The van der Waals surface area contributed by atoms with Crippen LogP contribution in [0.4, 0.5) is 11.9 Å². The average Bonchev–Trinajstić information content (AvgIpc) is 2.69. The molecule has 2 N–H and O–H groups in total. The van der Waals surface area contributed by atoms with Gasteiger partial charge in [-0.2, -0.15) is 15.0 Å². The van der Waals surface area contributed by atoms with Gasteiger partial charge in [0.1, 0.15) is 0 Å². The zero-order valence-corrected chi connectivity index (χ0v) is 8.92. The maximum atomic E-state index is 5.60. The molecule has 2 heterocycles. The predicted molar refractivity (Wildman–Crippen MR) is 57.5 cm³/mol. The molecule has 1 aromatic heterocycles. The van der Waals surface area contributed by atoms with Crippen molar-refractivity contribution in [2.24, 2.45) is 0 Å². The van der Waals surface area contributed by atoms with Gasteiger partial charge in [0.15, 0.2) is 5.16 Å². The number of thioether (sulfide) groups is 1. The van der Waals surface area contributed by atoms with Crippen molar-refractivity contribution < 1.29 is 0 Å². The van der Waals surface area contributed by atoms with E-state index in [9.17, 15) is 0 Å². The summed E-state index contributed by atoms with van der Waals surface area (Å²) in [4.78, 5) is 14.6. The Morgan fingerprint density at radius 1 is 1.21 bits per heavy atom. The van der Waals surface area contributed by atoms with E-state index in [0.29, 0.717) is 11.1 Å². The normalized spacial score (nSPS) is 16.2. The van der Waals surface area contributed by atoms with Crippen molar-refractivity contribution in [3.63, 3.8) is 0 Å². The maximum Gasteiger partial charge on any atom is 0.231 e. The van der Waals surface area contributed by atoms with Crippen molar-refractivity contribution in [3.05, 3.63) is 0 Å². The molecular weight excluding hydrogens is 198 g/mol. The van der Waals surface area contributed by atoms with Crippen LogP contribution in [0.25, 0.3) is 0 Å². The highest BCUT2D eigenvalue weighted by Gasteiger charge is 2.16. The van der Waals surface area contributed by atoms with Gasteiger partial charge in [-0.25, -0.2) is 0 Å². The largest absolute Gasteiger partial charge is 0.368 e. The molecule has 1 fully saturated rings. The minimum Gasteiger partial charge on any atom is -0.368 e. The van der Waals surface area contributed by atoms with Crippen molar-refractivity contribution in [3.8, 4) is 0 Å². The summed E-state index contributed by atoms with van der Waals surface area (Å²) in [6, 6.07) is 0. The van der Waals surface area contributed by atoms with Crippen LogP contribution in [-0.2, 0) is 0 Å². The summed E-state index contributed by atoms with van der Waals surface area (Å²) in [7, 11) is 0. The van der Waals surface area contributed by atoms with E-state index in [0.717, 1.165) is 19.0 Å². The fourth-order valence-corrected chi connectivity index (χ4v) is 1.87. The Morgan fingerprint density at radius 2 is 1.93 bits per heavy atom. The Morgan fingerprint density at radius 3 is 2.57 bits per heavy atom. The van der Waals surface area contributed by atoms with Gasteiger partial charge in [0, 0.05) is 13.1 Å². The van der Waals surface area contributed by atoms with Gasteiger partial charge in [0.2, 0.25) is 11.9 Å². The van der Waals surface area contributed by atoms with E-state index in [1.54, 1.807) is 0 Å². The zero-order chi connectivity index (χ0) is 9.97. The highest BCUT2D eigenvalue weighted by atomic mass is 32.2. The van der Waals surface area contributed by atoms with E-state index in [2.05, 4.69) is 19.9 Å². The summed E-state index contributed by atoms with van der Waals surface area (Å²) in [6.45, 7) is 2.05. The van der Waals surface area contributed by atoms with Crippen LogP contribution in [0.1, 0.15) is 12.8 Å². The van der Waals surface area contributed by atoms with Crippen LogP contribution in [-0.4, -0.2) is 34.3 Å². The van der Waals surface area contributed by atoms with E-state index >= 15 is 0 Å². The highest BCUT2D eigenvalue weighted by Crippen LogP contribution is 2.18. The Bertz CT molecular complexity index is 324. The van der Waals surface area contributed by atoms with Gasteiger partial charge in [-0.15, -0.1) is 0 Å². The molecule has 0 spiro atoms. The van der Waals surface area contributed by atoms with E-state index < -0.39 is 0 Å². The molecule has 1 aromatic rings. The van der Waals surface area contributed by atoms with Crippen LogP contribution in [0, 0.1) is 0 Å². The topological polar surface area (TPSA) is 67.9 Å². The minimum absolute atomic E-state index is 0.311. The lowest BCUT2D eigenvalue weighted by atomic mass is 10.4. The lowest BCUT2D eigenvalue weighted by Gasteiger charge is -2.14. The van der Waals surface area contributed by atoms with Gasteiger partial charge in [-0.05, 0) is 19.1 Å². The molecule has 76 valence electrons. The quantitative estimate of drug-likeness (QED) is 0.729. The van der Waals surface area contributed by atoms with Crippen LogP contribution < -0.4 is 10.6 Å². The molecule has 0 aromatic carbocycles. The standard InChI is InChI=1S/C8H13N5S/c1-14-8-11-6(9)10-7(12-8)13-4-2-3-5-13/h2-5H2,1H3,(H2,9,10,11,12). The van der Waals surface area contributed by atoms with Gasteiger partial charge in [0.05, 0.1) is 0 Å². The summed E-state index contributed by atoms with van der Waals surface area (Å²) >= 11 is 1.49. The second kappa shape index (κ2) is 4.00. The first-order chi connectivity index (χ1) is 6.79. The Balaban J connectivity index is 2.27. The molecule has 0 amide bonds. The maximum absolute atomic E-state index is 5.60. The molecule has 0 unspecified atom stereocenters. The number of nitrogens with two attached hydrogens (primary N) is 1. The van der Waals surface area contributed by atoms with E-state index in [-0.39, 0.29) is 0 Å². The van der Waals surface area contributed by atoms with Crippen LogP contribution >= 0.6 is 11.8 Å². The first-order valence-electron chi connectivity index (χ1n) is 4.60. The zero-order valence-electron chi connectivity index (χ0n) is 8.10. The van der Waals surface area contributed by atoms with Gasteiger partial charge in [0.25, 0.3) is 0 Å². The van der Waals surface area contributed by atoms with Crippen molar-refractivity contribution in [1.29, 1.82) is 0 Å². The van der Waals surface area contributed by atoms with Crippen LogP contribution in [0.15, 0.2) is 5.16 Å².